The van der Waals surface area contributed by atoms with E-state index >= 15 is 0 Å². The first-order valence-electron chi connectivity index (χ1n) is 6.16. The monoisotopic (exact) mass is 363 g/mol. The van der Waals surface area contributed by atoms with Crippen LogP contribution in [0.4, 0.5) is 0 Å². The lowest BCUT2D eigenvalue weighted by atomic mass is 10.2. The summed E-state index contributed by atoms with van der Waals surface area (Å²) in [5.41, 5.74) is 8.23. The van der Waals surface area contributed by atoms with Gasteiger partial charge in [0.1, 0.15) is 0 Å². The number of rotatable bonds is 4. The van der Waals surface area contributed by atoms with Gasteiger partial charge in [-0.15, -0.1) is 24.0 Å². The van der Waals surface area contributed by atoms with Crippen LogP contribution in [0.5, 0.6) is 0 Å². The van der Waals surface area contributed by atoms with Crippen LogP contribution in [-0.2, 0) is 20.0 Å². The van der Waals surface area contributed by atoms with Crippen molar-refractivity contribution in [2.75, 3.05) is 7.05 Å². The minimum absolute atomic E-state index is 0. The molecule has 1 aromatic rings. The van der Waals surface area contributed by atoms with Crippen molar-refractivity contribution < 1.29 is 0 Å². The summed E-state index contributed by atoms with van der Waals surface area (Å²) in [4.78, 5) is 6.52. The van der Waals surface area contributed by atoms with E-state index in [4.69, 9.17) is 5.73 Å². The third kappa shape index (κ3) is 3.60. The van der Waals surface area contributed by atoms with E-state index in [1.165, 1.54) is 18.4 Å². The second-order valence-corrected chi connectivity index (χ2v) is 4.64. The largest absolute Gasteiger partial charge is 0.370 e. The summed E-state index contributed by atoms with van der Waals surface area (Å²) in [7, 11) is 3.95. The lowest BCUT2D eigenvalue weighted by Crippen LogP contribution is -2.35. The fourth-order valence-corrected chi connectivity index (χ4v) is 1.94. The van der Waals surface area contributed by atoms with E-state index in [1.807, 2.05) is 25.0 Å². The molecule has 0 amide bonds. The van der Waals surface area contributed by atoms with Crippen molar-refractivity contribution in [3.8, 4) is 0 Å². The molecule has 1 aliphatic carbocycles. The Bertz CT molecular complexity index is 422. The quantitative estimate of drug-likeness (QED) is 0.501. The minimum atomic E-state index is 0. The molecule has 2 rings (SSSR count). The molecule has 0 bridgehead atoms. The highest BCUT2D eigenvalue weighted by atomic mass is 127. The summed E-state index contributed by atoms with van der Waals surface area (Å²) in [6.07, 6.45) is 5.43. The van der Waals surface area contributed by atoms with Crippen LogP contribution in [0.2, 0.25) is 0 Å². The number of aryl methyl sites for hydroxylation is 2. The van der Waals surface area contributed by atoms with E-state index in [2.05, 4.69) is 21.9 Å². The maximum absolute atomic E-state index is 5.95. The molecule has 0 spiro atoms. The molecule has 0 aliphatic heterocycles. The summed E-state index contributed by atoms with van der Waals surface area (Å²) < 4.78 is 1.84. The average molecular weight is 363 g/mol. The van der Waals surface area contributed by atoms with Crippen LogP contribution in [0, 0.1) is 0 Å². The Morgan fingerprint density at radius 2 is 2.28 bits per heavy atom. The van der Waals surface area contributed by atoms with Crippen LogP contribution in [0.1, 0.15) is 31.0 Å². The number of hydrogen-bond donors (Lipinski definition) is 1. The van der Waals surface area contributed by atoms with Crippen molar-refractivity contribution in [2.45, 2.75) is 38.8 Å². The second-order valence-electron chi connectivity index (χ2n) is 4.64. The Balaban J connectivity index is 0.00000162. The Morgan fingerprint density at radius 1 is 1.61 bits per heavy atom. The van der Waals surface area contributed by atoms with Gasteiger partial charge < -0.3 is 10.6 Å². The van der Waals surface area contributed by atoms with E-state index in [0.717, 1.165) is 12.1 Å². The topological polar surface area (TPSA) is 59.4 Å². The zero-order chi connectivity index (χ0) is 12.4. The van der Waals surface area contributed by atoms with Crippen molar-refractivity contribution in [1.29, 1.82) is 0 Å². The zero-order valence-corrected chi connectivity index (χ0v) is 13.6. The van der Waals surface area contributed by atoms with Crippen LogP contribution >= 0.6 is 24.0 Å². The van der Waals surface area contributed by atoms with Crippen LogP contribution in [0.25, 0.3) is 0 Å². The van der Waals surface area contributed by atoms with E-state index in [9.17, 15) is 0 Å². The SMILES string of the molecule is CCc1nn(C)cc1CN=C(N)N(C)C1CC1.I. The molecule has 1 aromatic heterocycles. The molecule has 0 saturated heterocycles. The molecule has 1 heterocycles. The molecule has 0 aromatic carbocycles. The lowest BCUT2D eigenvalue weighted by Gasteiger charge is -2.16. The van der Waals surface area contributed by atoms with Gasteiger partial charge in [-0.05, 0) is 19.3 Å². The fourth-order valence-electron chi connectivity index (χ4n) is 1.94. The highest BCUT2D eigenvalue weighted by Gasteiger charge is 2.27. The molecule has 1 fully saturated rings. The van der Waals surface area contributed by atoms with Crippen LogP contribution in [-0.4, -0.2) is 33.7 Å². The van der Waals surface area contributed by atoms with Crippen molar-refractivity contribution in [3.05, 3.63) is 17.5 Å². The number of nitrogens with two attached hydrogens (primary N) is 1. The number of aliphatic imine (C=N–C) groups is 1. The number of aromatic nitrogens is 2. The van der Waals surface area contributed by atoms with E-state index in [0.29, 0.717) is 18.5 Å². The van der Waals surface area contributed by atoms with Crippen LogP contribution < -0.4 is 5.73 Å². The van der Waals surface area contributed by atoms with E-state index in [1.54, 1.807) is 0 Å². The Kier molecular flexibility index (Phi) is 5.43. The van der Waals surface area contributed by atoms with Gasteiger partial charge in [0, 0.05) is 31.9 Å². The van der Waals surface area contributed by atoms with Gasteiger partial charge in [0.15, 0.2) is 5.96 Å². The Labute approximate surface area is 125 Å². The molecule has 0 radical (unpaired) electrons. The Morgan fingerprint density at radius 3 is 2.83 bits per heavy atom. The fraction of sp³-hybridized carbons (Fsp3) is 0.667. The first-order valence-corrected chi connectivity index (χ1v) is 6.16. The maximum Gasteiger partial charge on any atom is 0.191 e. The van der Waals surface area contributed by atoms with Crippen molar-refractivity contribution in [2.24, 2.45) is 17.8 Å². The highest BCUT2D eigenvalue weighted by molar-refractivity contribution is 14.0. The third-order valence-corrected chi connectivity index (χ3v) is 3.19. The number of halogens is 1. The maximum atomic E-state index is 5.95. The van der Waals surface area contributed by atoms with Crippen molar-refractivity contribution >= 4 is 29.9 Å². The summed E-state index contributed by atoms with van der Waals surface area (Å²) in [5, 5.41) is 4.39. The third-order valence-electron chi connectivity index (χ3n) is 3.19. The molecule has 0 unspecified atom stereocenters. The predicted molar refractivity (Wildman–Crippen MR) is 84.1 cm³/mol. The van der Waals surface area contributed by atoms with Crippen molar-refractivity contribution in [3.63, 3.8) is 0 Å². The Hall–Kier alpha value is -0.790. The number of guanidine groups is 1. The van der Waals surface area contributed by atoms with Gasteiger partial charge in [0.05, 0.1) is 12.2 Å². The van der Waals surface area contributed by atoms with Gasteiger partial charge in [0.25, 0.3) is 0 Å². The molecule has 1 saturated carbocycles. The van der Waals surface area contributed by atoms with Gasteiger partial charge in [-0.2, -0.15) is 5.10 Å². The van der Waals surface area contributed by atoms with Gasteiger partial charge >= 0.3 is 0 Å². The molecule has 18 heavy (non-hydrogen) atoms. The molecule has 1 aliphatic rings. The molecule has 2 N–H and O–H groups in total. The number of hydrogen-bond acceptors (Lipinski definition) is 2. The van der Waals surface area contributed by atoms with Gasteiger partial charge in [-0.3, -0.25) is 4.68 Å². The molecule has 5 nitrogen and oxygen atoms in total. The van der Waals surface area contributed by atoms with Gasteiger partial charge in [-0.1, -0.05) is 6.92 Å². The first kappa shape index (κ1) is 15.3. The zero-order valence-electron chi connectivity index (χ0n) is 11.3. The molecule has 6 heteroatoms. The summed E-state index contributed by atoms with van der Waals surface area (Å²) >= 11 is 0. The lowest BCUT2D eigenvalue weighted by molar-refractivity contribution is 0.487. The molecule has 102 valence electrons. The standard InChI is InChI=1S/C12H21N5.HI/c1-4-11-9(8-16(2)15-11)7-14-12(13)17(3)10-5-6-10;/h8,10H,4-7H2,1-3H3,(H2,13,14);1H. The van der Waals surface area contributed by atoms with Gasteiger partial charge in [0.2, 0.25) is 0 Å². The van der Waals surface area contributed by atoms with Crippen LogP contribution in [0.15, 0.2) is 11.2 Å². The normalized spacial score (nSPS) is 15.4. The number of nitrogens with zero attached hydrogens (tertiary/aromatic N) is 4. The van der Waals surface area contributed by atoms with Crippen LogP contribution in [0.3, 0.4) is 0 Å². The molecular formula is C12H22IN5. The summed E-state index contributed by atoms with van der Waals surface area (Å²) in [6.45, 7) is 2.73. The average Bonchev–Trinajstić information content (AvgIpc) is 3.09. The van der Waals surface area contributed by atoms with E-state index < -0.39 is 0 Å². The smallest absolute Gasteiger partial charge is 0.191 e. The van der Waals surface area contributed by atoms with E-state index in [-0.39, 0.29) is 24.0 Å². The first-order chi connectivity index (χ1) is 8.11. The minimum Gasteiger partial charge on any atom is -0.370 e. The summed E-state index contributed by atoms with van der Waals surface area (Å²) in [6, 6.07) is 0.610. The summed E-state index contributed by atoms with van der Waals surface area (Å²) in [5.74, 6) is 0.637. The van der Waals surface area contributed by atoms with Gasteiger partial charge in [-0.25, -0.2) is 4.99 Å². The molecular weight excluding hydrogens is 341 g/mol. The second kappa shape index (κ2) is 6.40. The molecule has 0 atom stereocenters. The predicted octanol–water partition coefficient (Wildman–Crippen LogP) is 1.51. The highest BCUT2D eigenvalue weighted by Crippen LogP contribution is 2.24. The van der Waals surface area contributed by atoms with Crippen molar-refractivity contribution in [1.82, 2.24) is 14.7 Å².